The molecular weight excluding hydrogens is 645 g/mol. The van der Waals surface area contributed by atoms with Gasteiger partial charge < -0.3 is 8.83 Å². The van der Waals surface area contributed by atoms with Crippen LogP contribution in [0.25, 0.3) is 104 Å². The highest BCUT2D eigenvalue weighted by molar-refractivity contribution is 6.40. The van der Waals surface area contributed by atoms with Gasteiger partial charge in [-0.05, 0) is 113 Å². The van der Waals surface area contributed by atoms with Gasteiger partial charge in [0.05, 0.1) is 0 Å². The van der Waals surface area contributed by atoms with Crippen LogP contribution in [-0.4, -0.2) is 0 Å². The minimum absolute atomic E-state index is 0.879. The lowest BCUT2D eigenvalue weighted by Gasteiger charge is -2.18. The minimum Gasteiger partial charge on any atom is -0.455 e. The van der Waals surface area contributed by atoms with E-state index in [1.807, 2.05) is 32.1 Å². The molecule has 0 unspecified atom stereocenters. The summed E-state index contributed by atoms with van der Waals surface area (Å²) in [5, 5.41) is 13.7. The molecule has 254 valence electrons. The summed E-state index contributed by atoms with van der Waals surface area (Å²) >= 11 is 0. The third-order valence-corrected chi connectivity index (χ3v) is 10.5. The lowest BCUT2D eigenvalue weighted by Crippen LogP contribution is -1.91. The molecule has 0 aliphatic carbocycles. The topological polar surface area (TPSA) is 26.3 Å². The molecule has 0 spiro atoms. The van der Waals surface area contributed by atoms with Crippen LogP contribution in [0.1, 0.15) is 26.3 Å². The second-order valence-electron chi connectivity index (χ2n) is 13.4. The average molecular weight is 683 g/mol. The fourth-order valence-electron chi connectivity index (χ4n) is 7.95. The predicted octanol–water partition coefficient (Wildman–Crippen LogP) is 15.5. The fourth-order valence-corrected chi connectivity index (χ4v) is 7.95. The first-order chi connectivity index (χ1) is 26.1. The number of hydrogen-bond acceptors (Lipinski definition) is 2. The highest BCUT2D eigenvalue weighted by atomic mass is 16.3. The van der Waals surface area contributed by atoms with Gasteiger partial charge in [-0.15, -0.1) is 0 Å². The van der Waals surface area contributed by atoms with Gasteiger partial charge in [0.1, 0.15) is 22.3 Å². The summed E-state index contributed by atoms with van der Waals surface area (Å²) in [5.41, 5.74) is 8.27. The molecule has 2 aromatic heterocycles. The smallest absolute Gasteiger partial charge is 0.143 e. The molecule has 0 aliphatic rings. The number of allylic oxidation sites excluding steroid dienone is 7. The highest BCUT2D eigenvalue weighted by Gasteiger charge is 2.21. The van der Waals surface area contributed by atoms with Gasteiger partial charge in [-0.2, -0.15) is 0 Å². The lowest BCUT2D eigenvalue weighted by atomic mass is 9.89. The molecule has 0 saturated carbocycles. The van der Waals surface area contributed by atoms with Crippen LogP contribution >= 0.6 is 0 Å². The molecule has 0 fully saturated rings. The van der Waals surface area contributed by atoms with Crippen LogP contribution in [0, 0.1) is 0 Å². The van der Waals surface area contributed by atoms with Crippen molar-refractivity contribution in [3.63, 3.8) is 0 Å². The third kappa shape index (κ3) is 5.18. The summed E-state index contributed by atoms with van der Waals surface area (Å²) in [6, 6.07) is 45.7. The normalized spacial score (nSPS) is 12.5. The van der Waals surface area contributed by atoms with Crippen molar-refractivity contribution in [1.82, 2.24) is 0 Å². The summed E-state index contributed by atoms with van der Waals surface area (Å²) in [7, 11) is 0. The van der Waals surface area contributed by atoms with Crippen molar-refractivity contribution in [2.24, 2.45) is 0 Å². The molecule has 0 radical (unpaired) electrons. The van der Waals surface area contributed by atoms with E-state index >= 15 is 0 Å². The Balaban J connectivity index is 0.000000888. The Morgan fingerprint density at radius 3 is 1.62 bits per heavy atom. The molecule has 2 heterocycles. The zero-order chi connectivity index (χ0) is 36.1. The maximum atomic E-state index is 6.89. The van der Waals surface area contributed by atoms with Gasteiger partial charge in [0.2, 0.25) is 0 Å². The van der Waals surface area contributed by atoms with E-state index in [4.69, 9.17) is 8.83 Å². The van der Waals surface area contributed by atoms with Crippen molar-refractivity contribution >= 4 is 92.5 Å². The van der Waals surface area contributed by atoms with Gasteiger partial charge in [0.15, 0.2) is 0 Å². The minimum atomic E-state index is 0.879. The SMILES string of the molecule is C/C=C\C.C=C/C=C\C(=C/C)c1ccc2c(ccc3c2oc2cccc4c2c3c2cccc3oc5c6ccc(-c7ccccc7)cc6ccc5c4c32)c1. The molecule has 0 saturated heterocycles. The molecular formula is C51H38O2. The van der Waals surface area contributed by atoms with Gasteiger partial charge >= 0.3 is 0 Å². The second-order valence-corrected chi connectivity index (χ2v) is 13.4. The van der Waals surface area contributed by atoms with Gasteiger partial charge in [0.25, 0.3) is 0 Å². The average Bonchev–Trinajstić information content (AvgIpc) is 3.22. The first-order valence-electron chi connectivity index (χ1n) is 18.2. The molecule has 10 rings (SSSR count). The molecule has 0 aliphatic heterocycles. The Morgan fingerprint density at radius 2 is 1.06 bits per heavy atom. The summed E-state index contributed by atoms with van der Waals surface area (Å²) < 4.78 is 13.8. The second kappa shape index (κ2) is 13.2. The lowest BCUT2D eigenvalue weighted by molar-refractivity contribution is 0.665. The van der Waals surface area contributed by atoms with E-state index in [1.165, 1.54) is 32.7 Å². The van der Waals surface area contributed by atoms with Crippen LogP contribution in [0.2, 0.25) is 0 Å². The van der Waals surface area contributed by atoms with Crippen molar-refractivity contribution in [2.75, 3.05) is 0 Å². The Bertz CT molecular complexity index is 3140. The standard InChI is InChI=1S/C47H30O2.C4H8/c1-3-5-11-28(4-2)30-18-22-34-32(26-30)20-24-38-42-36-14-10-17-41-45(36)43(37-15-9-16-40(44(37)42)48-46(34)38)39-25-21-33-27-31(29-12-7-6-8-13-29)19-23-35(33)47(39)49-41;1-3-4-2/h3-27H,1H2,2H3;3-4H,1-2H3/b11-5-,28-4+;4-3-. The van der Waals surface area contributed by atoms with Gasteiger partial charge in [-0.3, -0.25) is 0 Å². The van der Waals surface area contributed by atoms with Crippen molar-refractivity contribution in [3.05, 3.63) is 176 Å². The number of rotatable bonds is 4. The summed E-state index contributed by atoms with van der Waals surface area (Å²) in [6.07, 6.45) is 12.0. The van der Waals surface area contributed by atoms with Crippen molar-refractivity contribution in [1.29, 1.82) is 0 Å². The van der Waals surface area contributed by atoms with Crippen LogP contribution in [0.15, 0.2) is 179 Å². The van der Waals surface area contributed by atoms with E-state index in [9.17, 15) is 0 Å². The molecule has 53 heavy (non-hydrogen) atoms. The van der Waals surface area contributed by atoms with Gasteiger partial charge in [-0.1, -0.05) is 122 Å². The van der Waals surface area contributed by atoms with Crippen LogP contribution in [0.3, 0.4) is 0 Å². The van der Waals surface area contributed by atoms with E-state index in [-0.39, 0.29) is 0 Å². The third-order valence-electron chi connectivity index (χ3n) is 10.5. The highest BCUT2D eigenvalue weighted by Crippen LogP contribution is 2.48. The predicted molar refractivity (Wildman–Crippen MR) is 230 cm³/mol. The molecule has 0 amide bonds. The molecule has 0 N–H and O–H groups in total. The summed E-state index contributed by atoms with van der Waals surface area (Å²) in [5.74, 6) is 0. The van der Waals surface area contributed by atoms with E-state index in [0.717, 1.165) is 76.6 Å². The molecule has 0 bridgehead atoms. The van der Waals surface area contributed by atoms with Crippen LogP contribution in [-0.2, 0) is 0 Å². The van der Waals surface area contributed by atoms with Crippen molar-refractivity contribution in [3.8, 4) is 11.1 Å². The van der Waals surface area contributed by atoms with Crippen molar-refractivity contribution < 1.29 is 8.83 Å². The quantitative estimate of drug-likeness (QED) is 0.0799. The first-order valence-corrected chi connectivity index (χ1v) is 18.2. The van der Waals surface area contributed by atoms with Gasteiger partial charge in [-0.25, -0.2) is 0 Å². The summed E-state index contributed by atoms with van der Waals surface area (Å²) in [6.45, 7) is 9.90. The van der Waals surface area contributed by atoms with E-state index in [0.29, 0.717) is 0 Å². The Hall–Kier alpha value is -6.64. The number of fused-ring (bicyclic) bond motifs is 10. The molecule has 10 aromatic rings. The monoisotopic (exact) mass is 682 g/mol. The Morgan fingerprint density at radius 1 is 0.491 bits per heavy atom. The van der Waals surface area contributed by atoms with Crippen molar-refractivity contribution in [2.45, 2.75) is 20.8 Å². The van der Waals surface area contributed by atoms with Gasteiger partial charge in [0, 0.05) is 43.1 Å². The molecule has 8 aromatic carbocycles. The molecule has 0 atom stereocenters. The van der Waals surface area contributed by atoms with E-state index in [1.54, 1.807) is 6.08 Å². The van der Waals surface area contributed by atoms with Crippen LogP contribution in [0.4, 0.5) is 0 Å². The Kier molecular flexibility index (Phi) is 8.01. The fraction of sp³-hybridized carbons (Fsp3) is 0.0588. The van der Waals surface area contributed by atoms with Crippen LogP contribution < -0.4 is 0 Å². The van der Waals surface area contributed by atoms with Crippen LogP contribution in [0.5, 0.6) is 0 Å². The van der Waals surface area contributed by atoms with E-state index < -0.39 is 0 Å². The number of hydrogen-bond donors (Lipinski definition) is 0. The largest absolute Gasteiger partial charge is 0.455 e. The number of benzene rings is 8. The zero-order valence-corrected chi connectivity index (χ0v) is 30.1. The summed E-state index contributed by atoms with van der Waals surface area (Å²) in [4.78, 5) is 0. The molecule has 2 nitrogen and oxygen atoms in total. The maximum Gasteiger partial charge on any atom is 0.143 e. The van der Waals surface area contributed by atoms with E-state index in [2.05, 4.69) is 153 Å². The zero-order valence-electron chi connectivity index (χ0n) is 30.1. The first kappa shape index (κ1) is 32.3. The molecule has 2 heteroatoms. The maximum absolute atomic E-state index is 6.89. The Labute approximate surface area is 308 Å².